The van der Waals surface area contributed by atoms with E-state index in [1.54, 1.807) is 23.9 Å². The topological polar surface area (TPSA) is 42.2 Å². The van der Waals surface area contributed by atoms with Crippen LogP contribution in [0.4, 0.5) is 0 Å². The van der Waals surface area contributed by atoms with E-state index in [4.69, 9.17) is 34.8 Å². The van der Waals surface area contributed by atoms with E-state index >= 15 is 0 Å². The first kappa shape index (κ1) is 13.8. The lowest BCUT2D eigenvalue weighted by molar-refractivity contribution is 0.0988. The average Bonchev–Trinajstić information content (AvgIpc) is 2.56. The number of hydrogen-bond acceptors (Lipinski definition) is 2. The van der Waals surface area contributed by atoms with Crippen LogP contribution in [0.1, 0.15) is 35.5 Å². The van der Waals surface area contributed by atoms with Crippen LogP contribution in [0.15, 0.2) is 12.3 Å². The van der Waals surface area contributed by atoms with Gasteiger partial charge in [-0.05, 0) is 18.1 Å². The number of carbonyl (C=O) groups is 1. The molecule has 0 bridgehead atoms. The number of aryl methyl sites for hydroxylation is 1. The fourth-order valence-corrected chi connectivity index (χ4v) is 1.67. The number of halogens is 3. The molecule has 0 amide bonds. The highest BCUT2D eigenvalue weighted by Crippen LogP contribution is 2.31. The lowest BCUT2D eigenvalue weighted by Crippen LogP contribution is -2.21. The zero-order chi connectivity index (χ0) is 12.5. The molecule has 1 N–H and O–H groups in total. The summed E-state index contributed by atoms with van der Waals surface area (Å²) in [7, 11) is 1.66. The molecule has 0 aliphatic heterocycles. The number of rotatable bonds is 3. The molecule has 0 fully saturated rings. The zero-order valence-corrected chi connectivity index (χ0v) is 11.1. The fraction of sp³-hybridized carbons (Fsp3) is 0.500. The summed E-state index contributed by atoms with van der Waals surface area (Å²) >= 11 is 16.6. The molecular formula is C10H12Cl3NO2. The van der Waals surface area contributed by atoms with Crippen molar-refractivity contribution in [2.24, 2.45) is 7.05 Å². The summed E-state index contributed by atoms with van der Waals surface area (Å²) < 4.78 is -0.432. The minimum atomic E-state index is -1.97. The van der Waals surface area contributed by atoms with E-state index in [0.29, 0.717) is 12.0 Å². The molecular weight excluding hydrogens is 272 g/mol. The summed E-state index contributed by atoms with van der Waals surface area (Å²) in [6.45, 7) is 1.84. The van der Waals surface area contributed by atoms with Gasteiger partial charge in [0.15, 0.2) is 0 Å². The summed E-state index contributed by atoms with van der Waals surface area (Å²) in [6.07, 6.45) is 1.60. The van der Waals surface area contributed by atoms with Gasteiger partial charge in [0.2, 0.25) is 5.78 Å². The van der Waals surface area contributed by atoms with Gasteiger partial charge in [-0.25, -0.2) is 0 Å². The molecule has 6 heteroatoms. The molecule has 90 valence electrons. The number of aromatic nitrogens is 1. The molecule has 1 rings (SSSR count). The SMILES string of the molecule is CC[C@@H](O)c1cc(C(=O)C(Cl)(Cl)Cl)n(C)c1. The molecule has 1 heterocycles. The lowest BCUT2D eigenvalue weighted by Gasteiger charge is -2.09. The summed E-state index contributed by atoms with van der Waals surface area (Å²) in [5, 5.41) is 9.63. The Morgan fingerprint density at radius 1 is 1.56 bits per heavy atom. The molecule has 1 aromatic rings. The van der Waals surface area contributed by atoms with Crippen molar-refractivity contribution in [3.63, 3.8) is 0 Å². The average molecular weight is 285 g/mol. The van der Waals surface area contributed by atoms with E-state index in [1.165, 1.54) is 0 Å². The van der Waals surface area contributed by atoms with Gasteiger partial charge in [0.05, 0.1) is 11.8 Å². The lowest BCUT2D eigenvalue weighted by atomic mass is 10.1. The third-order valence-electron chi connectivity index (χ3n) is 2.29. The largest absolute Gasteiger partial charge is 0.388 e. The van der Waals surface area contributed by atoms with Gasteiger partial charge in [0.1, 0.15) is 0 Å². The van der Waals surface area contributed by atoms with Crippen molar-refractivity contribution >= 4 is 40.6 Å². The highest BCUT2D eigenvalue weighted by molar-refractivity contribution is 6.77. The smallest absolute Gasteiger partial charge is 0.255 e. The number of aliphatic hydroxyl groups excluding tert-OH is 1. The highest BCUT2D eigenvalue weighted by Gasteiger charge is 2.33. The van der Waals surface area contributed by atoms with Crippen LogP contribution in [-0.4, -0.2) is 19.2 Å². The Hall–Kier alpha value is -0.220. The van der Waals surface area contributed by atoms with E-state index in [1.807, 2.05) is 6.92 Å². The molecule has 3 nitrogen and oxygen atoms in total. The van der Waals surface area contributed by atoms with Crippen LogP contribution < -0.4 is 0 Å². The molecule has 0 aliphatic rings. The number of hydrogen-bond donors (Lipinski definition) is 1. The predicted molar refractivity (Wildman–Crippen MR) is 65.3 cm³/mol. The van der Waals surface area contributed by atoms with Crippen molar-refractivity contribution < 1.29 is 9.90 Å². The summed E-state index contributed by atoms with van der Waals surface area (Å²) in [5.74, 6) is -0.602. The number of alkyl halides is 3. The molecule has 0 saturated heterocycles. The second-order valence-electron chi connectivity index (χ2n) is 3.52. The maximum atomic E-state index is 11.7. The molecule has 0 saturated carbocycles. The summed E-state index contributed by atoms with van der Waals surface area (Å²) in [4.78, 5) is 11.7. The molecule has 1 atom stereocenters. The van der Waals surface area contributed by atoms with Crippen LogP contribution in [0.2, 0.25) is 0 Å². The van der Waals surface area contributed by atoms with Crippen LogP contribution in [0, 0.1) is 0 Å². The Balaban J connectivity index is 3.08. The van der Waals surface area contributed by atoms with Crippen molar-refractivity contribution in [3.8, 4) is 0 Å². The van der Waals surface area contributed by atoms with Crippen molar-refractivity contribution in [2.45, 2.75) is 23.2 Å². The van der Waals surface area contributed by atoms with Crippen LogP contribution in [0.3, 0.4) is 0 Å². The molecule has 0 aliphatic carbocycles. The number of ketones is 1. The number of nitrogens with zero attached hydrogens (tertiary/aromatic N) is 1. The highest BCUT2D eigenvalue weighted by atomic mass is 35.6. The second-order valence-corrected chi connectivity index (χ2v) is 5.80. The van der Waals surface area contributed by atoms with Crippen LogP contribution in [-0.2, 0) is 7.05 Å². The van der Waals surface area contributed by atoms with E-state index in [2.05, 4.69) is 0 Å². The van der Waals surface area contributed by atoms with E-state index in [9.17, 15) is 9.90 Å². The van der Waals surface area contributed by atoms with Crippen molar-refractivity contribution in [1.82, 2.24) is 4.57 Å². The Morgan fingerprint density at radius 2 is 2.12 bits per heavy atom. The third-order valence-corrected chi connectivity index (χ3v) is 2.80. The Kier molecular flexibility index (Phi) is 4.29. The first-order chi connectivity index (χ1) is 7.27. The standard InChI is InChI=1S/C10H12Cl3NO2/c1-3-8(15)6-4-7(14(2)5-6)9(16)10(11,12)13/h4-5,8,15H,3H2,1-2H3/t8-/m1/s1. The van der Waals surface area contributed by atoms with Crippen molar-refractivity contribution in [3.05, 3.63) is 23.5 Å². The first-order valence-electron chi connectivity index (χ1n) is 4.73. The maximum Gasteiger partial charge on any atom is 0.255 e. The van der Waals surface area contributed by atoms with Gasteiger partial charge in [-0.2, -0.15) is 0 Å². The second kappa shape index (κ2) is 4.96. The van der Waals surface area contributed by atoms with Gasteiger partial charge < -0.3 is 9.67 Å². The minimum absolute atomic E-state index is 0.266. The number of aliphatic hydroxyl groups is 1. The van der Waals surface area contributed by atoms with Gasteiger partial charge in [0, 0.05) is 13.2 Å². The normalized spacial score (nSPS) is 13.9. The number of Topliss-reactive ketones (excluding diaryl/α,β-unsaturated/α-hetero) is 1. The van der Waals surface area contributed by atoms with Crippen LogP contribution in [0.5, 0.6) is 0 Å². The van der Waals surface area contributed by atoms with Gasteiger partial charge in [0.25, 0.3) is 3.79 Å². The summed E-state index contributed by atoms with van der Waals surface area (Å²) in [6, 6.07) is 1.54. The van der Waals surface area contributed by atoms with Crippen molar-refractivity contribution in [1.29, 1.82) is 0 Å². The van der Waals surface area contributed by atoms with Gasteiger partial charge in [-0.3, -0.25) is 4.79 Å². The van der Waals surface area contributed by atoms with Gasteiger partial charge in [-0.1, -0.05) is 41.7 Å². The van der Waals surface area contributed by atoms with Gasteiger partial charge in [-0.15, -0.1) is 0 Å². The Morgan fingerprint density at radius 3 is 2.56 bits per heavy atom. The van der Waals surface area contributed by atoms with E-state index in [0.717, 1.165) is 0 Å². The molecule has 0 unspecified atom stereocenters. The number of carbonyl (C=O) groups excluding carboxylic acids is 1. The summed E-state index contributed by atoms with van der Waals surface area (Å²) in [5.41, 5.74) is 0.908. The van der Waals surface area contributed by atoms with E-state index in [-0.39, 0.29) is 5.69 Å². The molecule has 1 aromatic heterocycles. The van der Waals surface area contributed by atoms with Crippen LogP contribution >= 0.6 is 34.8 Å². The van der Waals surface area contributed by atoms with Crippen molar-refractivity contribution in [2.75, 3.05) is 0 Å². The molecule has 16 heavy (non-hydrogen) atoms. The van der Waals surface area contributed by atoms with Crippen LogP contribution in [0.25, 0.3) is 0 Å². The molecule has 0 spiro atoms. The monoisotopic (exact) mass is 283 g/mol. The Labute approximate surface area is 109 Å². The molecule has 0 aromatic carbocycles. The first-order valence-corrected chi connectivity index (χ1v) is 5.86. The maximum absolute atomic E-state index is 11.7. The predicted octanol–water partition coefficient (Wildman–Crippen LogP) is 3.02. The minimum Gasteiger partial charge on any atom is -0.388 e. The Bertz CT molecular complexity index is 395. The van der Waals surface area contributed by atoms with E-state index < -0.39 is 15.7 Å². The third kappa shape index (κ3) is 2.92. The zero-order valence-electron chi connectivity index (χ0n) is 8.88. The fourth-order valence-electron chi connectivity index (χ4n) is 1.38. The quantitative estimate of drug-likeness (QED) is 0.685. The molecule has 0 radical (unpaired) electrons. The van der Waals surface area contributed by atoms with Gasteiger partial charge >= 0.3 is 0 Å².